The Hall–Kier alpha value is -3.71. The van der Waals surface area contributed by atoms with Gasteiger partial charge in [0.1, 0.15) is 17.6 Å². The highest BCUT2D eigenvalue weighted by molar-refractivity contribution is 9.10. The normalized spacial score (nSPS) is 11.7. The second kappa shape index (κ2) is 13.9. The molecular weight excluding hydrogens is 559 g/mol. The van der Waals surface area contributed by atoms with Crippen LogP contribution in [-0.4, -0.2) is 35.9 Å². The molecule has 0 radical (unpaired) electrons. The van der Waals surface area contributed by atoms with Gasteiger partial charge in [0.25, 0.3) is 5.91 Å². The minimum Gasteiger partial charge on any atom is -0.483 e. The second-order valence-electron chi connectivity index (χ2n) is 9.35. The highest BCUT2D eigenvalue weighted by Crippen LogP contribution is 2.33. The topological polar surface area (TPSA) is 58.6 Å². The monoisotopic (exact) mass is 590 g/mol. The molecule has 0 unspecified atom stereocenters. The molecule has 4 aromatic rings. The molecular formula is C32H32BrFN2O3. The van der Waals surface area contributed by atoms with Gasteiger partial charge in [-0.1, -0.05) is 92.2 Å². The van der Waals surface area contributed by atoms with E-state index in [1.165, 1.54) is 11.0 Å². The van der Waals surface area contributed by atoms with Gasteiger partial charge in [-0.05, 0) is 50.8 Å². The van der Waals surface area contributed by atoms with Crippen LogP contribution in [0.5, 0.6) is 5.75 Å². The second-order valence-corrected chi connectivity index (χ2v) is 10.1. The predicted octanol–water partition coefficient (Wildman–Crippen LogP) is 6.68. The van der Waals surface area contributed by atoms with Crippen LogP contribution in [0.25, 0.3) is 10.8 Å². The van der Waals surface area contributed by atoms with Gasteiger partial charge >= 0.3 is 0 Å². The average molecular weight is 592 g/mol. The number of benzene rings is 4. The Bertz CT molecular complexity index is 1410. The molecule has 202 valence electrons. The number of ether oxygens (including phenoxy) is 1. The van der Waals surface area contributed by atoms with Gasteiger partial charge in [-0.3, -0.25) is 9.59 Å². The maximum atomic E-state index is 14.7. The van der Waals surface area contributed by atoms with Crippen molar-refractivity contribution in [2.75, 3.05) is 13.2 Å². The highest BCUT2D eigenvalue weighted by atomic mass is 79.9. The van der Waals surface area contributed by atoms with Crippen LogP contribution in [0.3, 0.4) is 0 Å². The maximum absolute atomic E-state index is 14.7. The van der Waals surface area contributed by atoms with E-state index in [-0.39, 0.29) is 19.1 Å². The lowest BCUT2D eigenvalue weighted by Gasteiger charge is -2.31. The molecule has 1 N–H and O–H groups in total. The van der Waals surface area contributed by atoms with E-state index in [0.717, 1.165) is 33.7 Å². The molecule has 0 fully saturated rings. The third kappa shape index (κ3) is 7.45. The van der Waals surface area contributed by atoms with Crippen LogP contribution >= 0.6 is 15.9 Å². The zero-order valence-electron chi connectivity index (χ0n) is 21.9. The summed E-state index contributed by atoms with van der Waals surface area (Å²) < 4.78 is 21.4. The summed E-state index contributed by atoms with van der Waals surface area (Å²) >= 11 is 3.60. The minimum atomic E-state index is -0.847. The Balaban J connectivity index is 1.63. The van der Waals surface area contributed by atoms with E-state index >= 15 is 0 Å². The van der Waals surface area contributed by atoms with E-state index in [0.29, 0.717) is 24.3 Å². The first kappa shape index (κ1) is 28.3. The first-order valence-corrected chi connectivity index (χ1v) is 13.9. The number of nitrogens with zero attached hydrogens (tertiary/aromatic N) is 1. The number of nitrogens with one attached hydrogen (secondary N) is 1. The molecule has 0 bridgehead atoms. The molecule has 0 aromatic heterocycles. The summed E-state index contributed by atoms with van der Waals surface area (Å²) in [6, 6.07) is 26.6. The summed E-state index contributed by atoms with van der Waals surface area (Å²) in [5.74, 6) is -0.605. The lowest BCUT2D eigenvalue weighted by molar-refractivity contribution is -0.142. The summed E-state index contributed by atoms with van der Waals surface area (Å²) in [6.07, 6.45) is 2.04. The molecule has 0 spiro atoms. The van der Waals surface area contributed by atoms with Crippen molar-refractivity contribution in [3.05, 3.63) is 112 Å². The Morgan fingerprint density at radius 1 is 0.949 bits per heavy atom. The van der Waals surface area contributed by atoms with Gasteiger partial charge in [0.15, 0.2) is 6.61 Å². The van der Waals surface area contributed by atoms with Crippen LogP contribution in [0.2, 0.25) is 0 Å². The molecule has 4 rings (SSSR count). The molecule has 0 aliphatic carbocycles. The zero-order chi connectivity index (χ0) is 27.6. The molecule has 0 aliphatic heterocycles. The predicted molar refractivity (Wildman–Crippen MR) is 156 cm³/mol. The number of hydrogen-bond donors (Lipinski definition) is 1. The number of amides is 2. The first-order chi connectivity index (χ1) is 19.0. The first-order valence-electron chi connectivity index (χ1n) is 13.1. The van der Waals surface area contributed by atoms with E-state index in [9.17, 15) is 14.0 Å². The third-order valence-corrected chi connectivity index (χ3v) is 7.40. The van der Waals surface area contributed by atoms with Gasteiger partial charge < -0.3 is 15.0 Å². The van der Waals surface area contributed by atoms with Crippen molar-refractivity contribution in [3.8, 4) is 5.75 Å². The zero-order valence-corrected chi connectivity index (χ0v) is 23.5. The molecule has 4 aromatic carbocycles. The van der Waals surface area contributed by atoms with Crippen LogP contribution in [0.4, 0.5) is 4.39 Å². The van der Waals surface area contributed by atoms with Gasteiger partial charge in [0.05, 0.1) is 4.47 Å². The molecule has 0 saturated carbocycles. The van der Waals surface area contributed by atoms with Crippen LogP contribution in [0.15, 0.2) is 95.5 Å². The van der Waals surface area contributed by atoms with E-state index < -0.39 is 17.8 Å². The number of unbranched alkanes of at least 4 members (excludes halogenated alkanes) is 1. The lowest BCUT2D eigenvalue weighted by atomic mass is 10.0. The fourth-order valence-electron chi connectivity index (χ4n) is 4.42. The van der Waals surface area contributed by atoms with Gasteiger partial charge in [-0.25, -0.2) is 4.39 Å². The summed E-state index contributed by atoms with van der Waals surface area (Å²) in [6.45, 7) is 2.18. The largest absolute Gasteiger partial charge is 0.483 e. The van der Waals surface area contributed by atoms with Gasteiger partial charge in [-0.15, -0.1) is 0 Å². The summed E-state index contributed by atoms with van der Waals surface area (Å²) in [5.41, 5.74) is 1.23. The van der Waals surface area contributed by atoms with E-state index in [4.69, 9.17) is 4.74 Å². The Kier molecular flexibility index (Phi) is 10.1. The molecule has 1 atom stereocenters. The molecule has 39 heavy (non-hydrogen) atoms. The molecule has 5 nitrogen and oxygen atoms in total. The van der Waals surface area contributed by atoms with Crippen molar-refractivity contribution in [3.63, 3.8) is 0 Å². The van der Waals surface area contributed by atoms with Crippen molar-refractivity contribution in [1.29, 1.82) is 0 Å². The van der Waals surface area contributed by atoms with Crippen molar-refractivity contribution in [2.24, 2.45) is 0 Å². The summed E-state index contributed by atoms with van der Waals surface area (Å²) in [5, 5.41) is 4.97. The Morgan fingerprint density at radius 3 is 2.44 bits per heavy atom. The van der Waals surface area contributed by atoms with E-state index in [1.807, 2.05) is 67.6 Å². The van der Waals surface area contributed by atoms with Crippen molar-refractivity contribution < 1.29 is 18.7 Å². The fourth-order valence-corrected chi connectivity index (χ4v) is 5.03. The van der Waals surface area contributed by atoms with Crippen molar-refractivity contribution in [1.82, 2.24) is 10.2 Å². The van der Waals surface area contributed by atoms with Gasteiger partial charge in [-0.2, -0.15) is 0 Å². The minimum absolute atomic E-state index is 0.0630. The summed E-state index contributed by atoms with van der Waals surface area (Å²) in [7, 11) is 0. The number of carbonyl (C=O) groups excluding carboxylic acids is 2. The SMILES string of the molecule is CCCCNC(=O)[C@@H](Cc1ccccc1)N(Cc1ccccc1F)C(=O)COc1ccc2ccccc2c1Br. The smallest absolute Gasteiger partial charge is 0.261 e. The number of halogens is 2. The third-order valence-electron chi connectivity index (χ3n) is 6.58. The van der Waals surface area contributed by atoms with Crippen LogP contribution in [0.1, 0.15) is 30.9 Å². The van der Waals surface area contributed by atoms with E-state index in [2.05, 4.69) is 21.2 Å². The highest BCUT2D eigenvalue weighted by Gasteiger charge is 2.31. The number of hydrogen-bond acceptors (Lipinski definition) is 3. The van der Waals surface area contributed by atoms with E-state index in [1.54, 1.807) is 24.3 Å². The molecule has 2 amide bonds. The van der Waals surface area contributed by atoms with Gasteiger partial charge in [0, 0.05) is 25.1 Å². The average Bonchev–Trinajstić information content (AvgIpc) is 2.96. The maximum Gasteiger partial charge on any atom is 0.261 e. The molecule has 0 saturated heterocycles. The van der Waals surface area contributed by atoms with Crippen molar-refractivity contribution >= 4 is 38.5 Å². The lowest BCUT2D eigenvalue weighted by Crippen LogP contribution is -2.52. The van der Waals surface area contributed by atoms with Gasteiger partial charge in [0.2, 0.25) is 5.91 Å². The van der Waals surface area contributed by atoms with Crippen LogP contribution in [-0.2, 0) is 22.6 Å². The molecule has 7 heteroatoms. The number of fused-ring (bicyclic) bond motifs is 1. The van der Waals surface area contributed by atoms with Crippen LogP contribution < -0.4 is 10.1 Å². The Labute approximate surface area is 237 Å². The standard InChI is InChI=1S/C32H32BrFN2O3/c1-2-3-19-35-32(38)28(20-23-11-5-4-6-12-23)36(21-25-14-8-10-16-27(25)34)30(37)22-39-29-18-17-24-13-7-9-15-26(24)31(29)33/h4-18,28H,2-3,19-22H2,1H3,(H,35,38)/t28-/m1/s1. The summed E-state index contributed by atoms with van der Waals surface area (Å²) in [4.78, 5) is 28.7. The van der Waals surface area contributed by atoms with Crippen LogP contribution in [0, 0.1) is 5.82 Å². The fraction of sp³-hybridized carbons (Fsp3) is 0.250. The number of carbonyl (C=O) groups is 2. The van der Waals surface area contributed by atoms with Crippen molar-refractivity contribution in [2.45, 2.75) is 38.8 Å². The molecule has 0 heterocycles. The molecule has 0 aliphatic rings. The Morgan fingerprint density at radius 2 is 1.67 bits per heavy atom. The quantitative estimate of drug-likeness (QED) is 0.187. The number of rotatable bonds is 12.